The largest absolute Gasteiger partial charge is 0.497 e. The predicted molar refractivity (Wildman–Crippen MR) is 85.1 cm³/mol. The van der Waals surface area contributed by atoms with Gasteiger partial charge in [-0.05, 0) is 19.4 Å². The zero-order valence-corrected chi connectivity index (χ0v) is 14.0. The molecule has 0 saturated carbocycles. The maximum absolute atomic E-state index is 14.2. The molecule has 2 aromatic rings. The Morgan fingerprint density at radius 2 is 1.96 bits per heavy atom. The van der Waals surface area contributed by atoms with Crippen molar-refractivity contribution in [1.82, 2.24) is 14.7 Å². The van der Waals surface area contributed by atoms with Crippen LogP contribution in [0.5, 0.6) is 5.75 Å². The van der Waals surface area contributed by atoms with E-state index in [0.29, 0.717) is 25.2 Å². The molecule has 0 fully saturated rings. The third kappa shape index (κ3) is 3.34. The highest BCUT2D eigenvalue weighted by Gasteiger charge is 2.27. The SMILES string of the molecule is COc1cc(F)c(C(=O)N2CCCn3nc([C@@H](C)O)cc3C2)c(F)c1. The van der Waals surface area contributed by atoms with Crippen molar-refractivity contribution >= 4 is 5.91 Å². The van der Waals surface area contributed by atoms with E-state index in [1.165, 1.54) is 12.0 Å². The van der Waals surface area contributed by atoms with Gasteiger partial charge >= 0.3 is 0 Å². The first-order valence-electron chi connectivity index (χ1n) is 7.97. The minimum absolute atomic E-state index is 0.0158. The molecule has 1 aliphatic rings. The summed E-state index contributed by atoms with van der Waals surface area (Å²) in [6, 6.07) is 3.69. The summed E-state index contributed by atoms with van der Waals surface area (Å²) >= 11 is 0. The summed E-state index contributed by atoms with van der Waals surface area (Å²) in [5.41, 5.74) is 0.631. The molecule has 0 bridgehead atoms. The molecule has 0 aliphatic carbocycles. The number of aryl methyl sites for hydroxylation is 1. The molecule has 1 N–H and O–H groups in total. The van der Waals surface area contributed by atoms with Crippen molar-refractivity contribution in [2.75, 3.05) is 13.7 Å². The Kier molecular flexibility index (Phi) is 4.71. The van der Waals surface area contributed by atoms with Gasteiger partial charge in [-0.1, -0.05) is 0 Å². The lowest BCUT2D eigenvalue weighted by Gasteiger charge is -2.21. The van der Waals surface area contributed by atoms with Crippen LogP contribution in [0.4, 0.5) is 8.78 Å². The van der Waals surface area contributed by atoms with Crippen molar-refractivity contribution in [3.63, 3.8) is 0 Å². The molecule has 0 saturated heterocycles. The Balaban J connectivity index is 1.90. The van der Waals surface area contributed by atoms with E-state index in [0.717, 1.165) is 17.8 Å². The molecule has 1 aromatic heterocycles. The van der Waals surface area contributed by atoms with E-state index < -0.39 is 29.2 Å². The van der Waals surface area contributed by atoms with Crippen molar-refractivity contribution in [2.24, 2.45) is 0 Å². The van der Waals surface area contributed by atoms with Gasteiger partial charge in [-0.25, -0.2) is 8.78 Å². The zero-order chi connectivity index (χ0) is 18.1. The van der Waals surface area contributed by atoms with Crippen molar-refractivity contribution in [3.8, 4) is 5.75 Å². The van der Waals surface area contributed by atoms with E-state index >= 15 is 0 Å². The quantitative estimate of drug-likeness (QED) is 0.921. The molecular formula is C17H19F2N3O3. The Morgan fingerprint density at radius 3 is 2.56 bits per heavy atom. The average molecular weight is 351 g/mol. The Labute approximate surface area is 143 Å². The van der Waals surface area contributed by atoms with Gasteiger partial charge in [-0.15, -0.1) is 0 Å². The number of ether oxygens (including phenoxy) is 1. The van der Waals surface area contributed by atoms with Gasteiger partial charge in [0.2, 0.25) is 0 Å². The lowest BCUT2D eigenvalue weighted by atomic mass is 10.1. The van der Waals surface area contributed by atoms with Crippen LogP contribution in [-0.4, -0.2) is 39.3 Å². The first-order valence-corrected chi connectivity index (χ1v) is 7.97. The highest BCUT2D eigenvalue weighted by atomic mass is 19.1. The number of aliphatic hydroxyl groups is 1. The molecule has 2 heterocycles. The van der Waals surface area contributed by atoms with Crippen LogP contribution in [0, 0.1) is 11.6 Å². The maximum atomic E-state index is 14.2. The third-order valence-electron chi connectivity index (χ3n) is 4.21. The first-order chi connectivity index (χ1) is 11.9. The van der Waals surface area contributed by atoms with E-state index in [-0.39, 0.29) is 12.3 Å². The smallest absolute Gasteiger partial charge is 0.260 e. The molecule has 0 radical (unpaired) electrons. The predicted octanol–water partition coefficient (Wildman–Crippen LogP) is 2.27. The number of rotatable bonds is 3. The molecule has 1 aliphatic heterocycles. The number of benzene rings is 1. The van der Waals surface area contributed by atoms with Gasteiger partial charge < -0.3 is 14.7 Å². The van der Waals surface area contributed by atoms with Crippen molar-refractivity contribution in [2.45, 2.75) is 32.5 Å². The molecule has 1 amide bonds. The summed E-state index contributed by atoms with van der Waals surface area (Å²) in [7, 11) is 1.30. The number of halogens is 2. The molecule has 0 unspecified atom stereocenters. The van der Waals surface area contributed by atoms with Crippen LogP contribution in [0.25, 0.3) is 0 Å². The van der Waals surface area contributed by atoms with Gasteiger partial charge in [0.05, 0.1) is 31.1 Å². The molecule has 134 valence electrons. The van der Waals surface area contributed by atoms with Crippen LogP contribution < -0.4 is 4.74 Å². The number of fused-ring (bicyclic) bond motifs is 1. The first kappa shape index (κ1) is 17.3. The summed E-state index contributed by atoms with van der Waals surface area (Å²) < 4.78 is 34.9. The summed E-state index contributed by atoms with van der Waals surface area (Å²) in [4.78, 5) is 14.1. The van der Waals surface area contributed by atoms with E-state index in [2.05, 4.69) is 5.10 Å². The van der Waals surface area contributed by atoms with Gasteiger partial charge in [0.15, 0.2) is 0 Å². The molecule has 1 atom stereocenters. The van der Waals surface area contributed by atoms with Gasteiger partial charge in [0.25, 0.3) is 5.91 Å². The van der Waals surface area contributed by atoms with Gasteiger partial charge in [-0.2, -0.15) is 5.10 Å². The molecule has 1 aromatic carbocycles. The zero-order valence-electron chi connectivity index (χ0n) is 14.0. The van der Waals surface area contributed by atoms with Crippen molar-refractivity contribution < 1.29 is 23.4 Å². The van der Waals surface area contributed by atoms with Crippen LogP contribution in [0.2, 0.25) is 0 Å². The van der Waals surface area contributed by atoms with Gasteiger partial charge in [-0.3, -0.25) is 9.48 Å². The second-order valence-corrected chi connectivity index (χ2v) is 6.01. The fraction of sp³-hybridized carbons (Fsp3) is 0.412. The molecular weight excluding hydrogens is 332 g/mol. The van der Waals surface area contributed by atoms with Crippen LogP contribution >= 0.6 is 0 Å². The Morgan fingerprint density at radius 1 is 1.28 bits per heavy atom. The third-order valence-corrected chi connectivity index (χ3v) is 4.21. The van der Waals surface area contributed by atoms with Crippen LogP contribution in [-0.2, 0) is 13.1 Å². The minimum Gasteiger partial charge on any atom is -0.497 e. The maximum Gasteiger partial charge on any atom is 0.260 e. The number of nitrogens with zero attached hydrogens (tertiary/aromatic N) is 3. The van der Waals surface area contributed by atoms with Crippen LogP contribution in [0.15, 0.2) is 18.2 Å². The molecule has 6 nitrogen and oxygen atoms in total. The molecule has 8 heteroatoms. The number of aliphatic hydroxyl groups excluding tert-OH is 1. The lowest BCUT2D eigenvalue weighted by molar-refractivity contribution is 0.0735. The fourth-order valence-corrected chi connectivity index (χ4v) is 2.89. The second kappa shape index (κ2) is 6.79. The normalized spacial score (nSPS) is 15.5. The fourth-order valence-electron chi connectivity index (χ4n) is 2.89. The molecule has 3 rings (SSSR count). The summed E-state index contributed by atoms with van der Waals surface area (Å²) in [5, 5.41) is 13.9. The van der Waals surface area contributed by atoms with E-state index in [9.17, 15) is 18.7 Å². The van der Waals surface area contributed by atoms with Crippen molar-refractivity contribution in [1.29, 1.82) is 0 Å². The van der Waals surface area contributed by atoms with Crippen molar-refractivity contribution in [3.05, 3.63) is 46.8 Å². The topological polar surface area (TPSA) is 67.6 Å². The highest BCUT2D eigenvalue weighted by Crippen LogP contribution is 2.24. The number of methoxy groups -OCH3 is 1. The number of amides is 1. The minimum atomic E-state index is -0.954. The summed E-state index contributed by atoms with van der Waals surface area (Å²) in [5.74, 6) is -2.61. The molecule has 25 heavy (non-hydrogen) atoms. The number of hydrogen-bond acceptors (Lipinski definition) is 4. The number of aromatic nitrogens is 2. The number of carbonyl (C=O) groups excluding carboxylic acids is 1. The van der Waals surface area contributed by atoms with Gasteiger partial charge in [0, 0.05) is 25.2 Å². The number of hydrogen-bond donors (Lipinski definition) is 1. The lowest BCUT2D eigenvalue weighted by Crippen LogP contribution is -2.32. The van der Waals surface area contributed by atoms with E-state index in [1.807, 2.05) is 0 Å². The standard InChI is InChI=1S/C17H19F2N3O3/c1-10(23)15-6-11-9-21(4-3-5-22(11)20-15)17(24)16-13(18)7-12(25-2)8-14(16)19/h6-8,10,23H,3-5,9H2,1-2H3/t10-/m1/s1. The molecule has 0 spiro atoms. The monoisotopic (exact) mass is 351 g/mol. The Bertz CT molecular complexity index is 781. The summed E-state index contributed by atoms with van der Waals surface area (Å²) in [6.07, 6.45) is -0.126. The highest BCUT2D eigenvalue weighted by molar-refractivity contribution is 5.95. The van der Waals surface area contributed by atoms with Crippen LogP contribution in [0.3, 0.4) is 0 Å². The average Bonchev–Trinajstić information content (AvgIpc) is 2.86. The summed E-state index contributed by atoms with van der Waals surface area (Å²) in [6.45, 7) is 2.70. The van der Waals surface area contributed by atoms with Crippen LogP contribution in [0.1, 0.15) is 41.2 Å². The number of carbonyl (C=O) groups is 1. The van der Waals surface area contributed by atoms with E-state index in [4.69, 9.17) is 4.74 Å². The second-order valence-electron chi connectivity index (χ2n) is 6.01. The van der Waals surface area contributed by atoms with E-state index in [1.54, 1.807) is 17.7 Å². The van der Waals surface area contributed by atoms with Gasteiger partial charge in [0.1, 0.15) is 22.9 Å². The Hall–Kier alpha value is -2.48.